The van der Waals surface area contributed by atoms with Crippen LogP contribution in [-0.2, 0) is 21.4 Å². The molecule has 1 saturated heterocycles. The van der Waals surface area contributed by atoms with Gasteiger partial charge in [0.05, 0.1) is 10.8 Å². The Kier molecular flexibility index (Phi) is 6.75. The Hall–Kier alpha value is -1.89. The molecule has 7 heteroatoms. The highest BCUT2D eigenvalue weighted by Gasteiger charge is 2.34. The molecular formula is C21H25ClN2O3S. The first-order valence-electron chi connectivity index (χ1n) is 9.51. The molecule has 0 aromatic heterocycles. The summed E-state index contributed by atoms with van der Waals surface area (Å²) in [5.74, 6) is -0.356. The van der Waals surface area contributed by atoms with Gasteiger partial charge in [0.2, 0.25) is 15.9 Å². The van der Waals surface area contributed by atoms with Gasteiger partial charge >= 0.3 is 0 Å². The molecule has 0 radical (unpaired) electrons. The molecule has 1 fully saturated rings. The van der Waals surface area contributed by atoms with Crippen molar-refractivity contribution in [2.24, 2.45) is 5.92 Å². The van der Waals surface area contributed by atoms with E-state index < -0.39 is 10.0 Å². The largest absolute Gasteiger partial charge is 0.338 e. The van der Waals surface area contributed by atoms with Gasteiger partial charge in [0.1, 0.15) is 0 Å². The van der Waals surface area contributed by atoms with Gasteiger partial charge in [-0.05, 0) is 43.5 Å². The number of nitrogens with zero attached hydrogens (tertiary/aromatic N) is 2. The first-order valence-corrected chi connectivity index (χ1v) is 11.3. The Morgan fingerprint density at radius 3 is 2.50 bits per heavy atom. The molecule has 1 aliphatic heterocycles. The van der Waals surface area contributed by atoms with E-state index >= 15 is 0 Å². The van der Waals surface area contributed by atoms with E-state index in [1.807, 2.05) is 31.2 Å². The SMILES string of the molecule is CCN(Cc1ccccc1Cl)C(=O)C1CCCN(S(=O)(=O)c2ccccc2)C1. The highest BCUT2D eigenvalue weighted by molar-refractivity contribution is 7.89. The molecule has 150 valence electrons. The third-order valence-electron chi connectivity index (χ3n) is 5.13. The molecule has 1 aliphatic rings. The summed E-state index contributed by atoms with van der Waals surface area (Å²) in [7, 11) is -3.59. The lowest BCUT2D eigenvalue weighted by Crippen LogP contribution is -2.46. The summed E-state index contributed by atoms with van der Waals surface area (Å²) >= 11 is 6.24. The van der Waals surface area contributed by atoms with Gasteiger partial charge in [0.15, 0.2) is 0 Å². The zero-order chi connectivity index (χ0) is 20.1. The molecular weight excluding hydrogens is 396 g/mol. The van der Waals surface area contributed by atoms with Crippen molar-refractivity contribution < 1.29 is 13.2 Å². The van der Waals surface area contributed by atoms with E-state index in [4.69, 9.17) is 11.6 Å². The molecule has 2 aromatic carbocycles. The van der Waals surface area contributed by atoms with E-state index in [9.17, 15) is 13.2 Å². The van der Waals surface area contributed by atoms with Crippen LogP contribution in [0.3, 0.4) is 0 Å². The Morgan fingerprint density at radius 2 is 1.82 bits per heavy atom. The third kappa shape index (κ3) is 4.57. The normalized spacial score (nSPS) is 18.0. The zero-order valence-electron chi connectivity index (χ0n) is 15.9. The maximum absolute atomic E-state index is 13.1. The molecule has 3 rings (SSSR count). The lowest BCUT2D eigenvalue weighted by molar-refractivity contribution is -0.137. The maximum Gasteiger partial charge on any atom is 0.243 e. The van der Waals surface area contributed by atoms with Crippen molar-refractivity contribution in [3.63, 3.8) is 0 Å². The second-order valence-electron chi connectivity index (χ2n) is 6.96. The second kappa shape index (κ2) is 9.07. The van der Waals surface area contributed by atoms with Crippen LogP contribution < -0.4 is 0 Å². The van der Waals surface area contributed by atoms with Crippen molar-refractivity contribution >= 4 is 27.5 Å². The Labute approximate surface area is 172 Å². The predicted molar refractivity (Wildman–Crippen MR) is 110 cm³/mol. The van der Waals surface area contributed by atoms with Crippen LogP contribution in [0, 0.1) is 5.92 Å². The Morgan fingerprint density at radius 1 is 1.14 bits per heavy atom. The van der Waals surface area contributed by atoms with Gasteiger partial charge in [-0.3, -0.25) is 4.79 Å². The minimum Gasteiger partial charge on any atom is -0.338 e. The van der Waals surface area contributed by atoms with Crippen LogP contribution in [0.1, 0.15) is 25.3 Å². The Balaban J connectivity index is 1.74. The molecule has 0 spiro atoms. The molecule has 0 N–H and O–H groups in total. The maximum atomic E-state index is 13.1. The summed E-state index contributed by atoms with van der Waals surface area (Å²) in [5, 5.41) is 0.630. The number of carbonyl (C=O) groups excluding carboxylic acids is 1. The molecule has 0 saturated carbocycles. The molecule has 2 aromatic rings. The molecule has 0 bridgehead atoms. The van der Waals surface area contributed by atoms with E-state index in [1.54, 1.807) is 35.2 Å². The number of hydrogen-bond acceptors (Lipinski definition) is 3. The summed E-state index contributed by atoms with van der Waals surface area (Å²) in [5.41, 5.74) is 0.893. The number of sulfonamides is 1. The number of carbonyl (C=O) groups is 1. The van der Waals surface area contributed by atoms with Gasteiger partial charge in [-0.2, -0.15) is 4.31 Å². The first-order chi connectivity index (χ1) is 13.4. The summed E-state index contributed by atoms with van der Waals surface area (Å²) in [6, 6.07) is 15.9. The van der Waals surface area contributed by atoms with Gasteiger partial charge in [-0.15, -0.1) is 0 Å². The van der Waals surface area contributed by atoms with E-state index in [1.165, 1.54) is 4.31 Å². The summed E-state index contributed by atoms with van der Waals surface area (Å²) in [6.07, 6.45) is 1.37. The van der Waals surface area contributed by atoms with Gasteiger partial charge in [0.25, 0.3) is 0 Å². The van der Waals surface area contributed by atoms with Crippen LogP contribution in [0.25, 0.3) is 0 Å². The average molecular weight is 421 g/mol. The summed E-state index contributed by atoms with van der Waals surface area (Å²) in [4.78, 5) is 15.1. The minimum atomic E-state index is -3.59. The van der Waals surface area contributed by atoms with Crippen molar-refractivity contribution in [2.45, 2.75) is 31.2 Å². The fourth-order valence-corrected chi connectivity index (χ4v) is 5.28. The number of amides is 1. The van der Waals surface area contributed by atoms with Crippen LogP contribution in [0.4, 0.5) is 0 Å². The molecule has 5 nitrogen and oxygen atoms in total. The first kappa shape index (κ1) is 20.8. The van der Waals surface area contributed by atoms with Crippen molar-refractivity contribution in [1.82, 2.24) is 9.21 Å². The summed E-state index contributed by atoms with van der Waals surface area (Å²) in [6.45, 7) is 3.56. The third-order valence-corrected chi connectivity index (χ3v) is 7.37. The van der Waals surface area contributed by atoms with Crippen molar-refractivity contribution in [3.05, 3.63) is 65.2 Å². The molecule has 1 amide bonds. The zero-order valence-corrected chi connectivity index (χ0v) is 17.5. The van der Waals surface area contributed by atoms with Crippen LogP contribution >= 0.6 is 11.6 Å². The number of rotatable bonds is 6. The minimum absolute atomic E-state index is 0.0182. The van der Waals surface area contributed by atoms with Gasteiger partial charge < -0.3 is 4.90 Å². The fraction of sp³-hybridized carbons (Fsp3) is 0.381. The van der Waals surface area contributed by atoms with Gasteiger partial charge in [-0.25, -0.2) is 8.42 Å². The lowest BCUT2D eigenvalue weighted by Gasteiger charge is -2.34. The van der Waals surface area contributed by atoms with Crippen LogP contribution in [0.5, 0.6) is 0 Å². The molecule has 0 aliphatic carbocycles. The number of benzene rings is 2. The monoisotopic (exact) mass is 420 g/mol. The highest BCUT2D eigenvalue weighted by Crippen LogP contribution is 2.26. The number of piperidine rings is 1. The van der Waals surface area contributed by atoms with Crippen molar-refractivity contribution in [3.8, 4) is 0 Å². The molecule has 1 heterocycles. The van der Waals surface area contributed by atoms with E-state index in [0.717, 1.165) is 5.56 Å². The molecule has 28 heavy (non-hydrogen) atoms. The van der Waals surface area contributed by atoms with Crippen molar-refractivity contribution in [2.75, 3.05) is 19.6 Å². The Bertz CT molecular complexity index is 918. The molecule has 1 atom stereocenters. The fourth-order valence-electron chi connectivity index (χ4n) is 3.54. The summed E-state index contributed by atoms with van der Waals surface area (Å²) < 4.78 is 27.3. The quantitative estimate of drug-likeness (QED) is 0.714. The lowest BCUT2D eigenvalue weighted by atomic mass is 9.98. The van der Waals surface area contributed by atoms with Crippen LogP contribution in [0.15, 0.2) is 59.5 Å². The average Bonchev–Trinajstić information content (AvgIpc) is 2.73. The number of hydrogen-bond donors (Lipinski definition) is 0. The van der Waals surface area contributed by atoms with E-state index in [2.05, 4.69) is 0 Å². The van der Waals surface area contributed by atoms with Crippen LogP contribution in [0.2, 0.25) is 5.02 Å². The highest BCUT2D eigenvalue weighted by atomic mass is 35.5. The second-order valence-corrected chi connectivity index (χ2v) is 9.30. The topological polar surface area (TPSA) is 57.7 Å². The number of halogens is 1. The van der Waals surface area contributed by atoms with Gasteiger partial charge in [-0.1, -0.05) is 48.0 Å². The van der Waals surface area contributed by atoms with Crippen molar-refractivity contribution in [1.29, 1.82) is 0 Å². The predicted octanol–water partition coefficient (Wildman–Crippen LogP) is 3.79. The van der Waals surface area contributed by atoms with E-state index in [0.29, 0.717) is 37.5 Å². The van der Waals surface area contributed by atoms with Gasteiger partial charge in [0, 0.05) is 31.2 Å². The molecule has 1 unspecified atom stereocenters. The standard InChI is InChI=1S/C21H25ClN2O3S/c1-2-23(15-17-9-6-7-13-20(17)22)21(25)18-10-8-14-24(16-18)28(26,27)19-11-4-3-5-12-19/h3-7,9,11-13,18H,2,8,10,14-16H2,1H3. The van der Waals surface area contributed by atoms with Crippen LogP contribution in [-0.4, -0.2) is 43.2 Å². The van der Waals surface area contributed by atoms with E-state index in [-0.39, 0.29) is 23.3 Å². The smallest absolute Gasteiger partial charge is 0.243 e.